The molecule has 1 atom stereocenters. The number of fused-ring (bicyclic) bond motifs is 1. The first-order valence-electron chi connectivity index (χ1n) is 11.8. The number of pyridine rings is 1. The first-order chi connectivity index (χ1) is 15.8. The van der Waals surface area contributed by atoms with Gasteiger partial charge in [-0.25, -0.2) is 4.98 Å². The standard InChI is InChI=1S/C25H32N6O/c32-16-22-24-19(7-14-28-22)15-23(29-21-8-12-27-13-9-21)31-25(24)30-20-3-1-17(2-4-20)18-5-10-26-11-6-18/h1-4,7,14-16,18,21-22,26-28H,5-6,8-13H2,(H2,29,30,31). The van der Waals surface area contributed by atoms with Gasteiger partial charge in [0.2, 0.25) is 0 Å². The molecule has 7 nitrogen and oxygen atoms in total. The summed E-state index contributed by atoms with van der Waals surface area (Å²) in [6.07, 6.45) is 9.32. The van der Waals surface area contributed by atoms with Crippen LogP contribution >= 0.6 is 0 Å². The van der Waals surface area contributed by atoms with Crippen molar-refractivity contribution in [2.24, 2.45) is 0 Å². The predicted molar refractivity (Wildman–Crippen MR) is 129 cm³/mol. The van der Waals surface area contributed by atoms with E-state index >= 15 is 0 Å². The van der Waals surface area contributed by atoms with Crippen molar-refractivity contribution >= 4 is 29.7 Å². The molecule has 2 aromatic rings. The molecule has 0 bridgehead atoms. The van der Waals surface area contributed by atoms with Crippen molar-refractivity contribution in [2.45, 2.75) is 43.7 Å². The Balaban J connectivity index is 1.41. The Morgan fingerprint density at radius 3 is 2.41 bits per heavy atom. The lowest BCUT2D eigenvalue weighted by molar-refractivity contribution is -0.109. The van der Waals surface area contributed by atoms with E-state index in [9.17, 15) is 4.79 Å². The van der Waals surface area contributed by atoms with Crippen LogP contribution in [0.15, 0.2) is 36.5 Å². The van der Waals surface area contributed by atoms with Gasteiger partial charge < -0.3 is 31.4 Å². The summed E-state index contributed by atoms with van der Waals surface area (Å²) in [7, 11) is 0. The van der Waals surface area contributed by atoms with E-state index in [4.69, 9.17) is 4.98 Å². The number of nitrogens with one attached hydrogen (secondary N) is 5. The third-order valence-electron chi connectivity index (χ3n) is 6.75. The SMILES string of the molecule is O=CC1NC=Cc2cc(NC3CCNCC3)nc(Nc3ccc(C4CCNCC4)cc3)c21. The summed E-state index contributed by atoms with van der Waals surface area (Å²) < 4.78 is 0. The fourth-order valence-corrected chi connectivity index (χ4v) is 4.95. The molecule has 0 radical (unpaired) electrons. The van der Waals surface area contributed by atoms with E-state index in [1.165, 1.54) is 18.4 Å². The van der Waals surface area contributed by atoms with Crippen LogP contribution in [0.4, 0.5) is 17.3 Å². The molecule has 2 fully saturated rings. The second-order valence-electron chi connectivity index (χ2n) is 8.91. The molecule has 0 amide bonds. The van der Waals surface area contributed by atoms with Crippen molar-refractivity contribution in [3.8, 4) is 0 Å². The van der Waals surface area contributed by atoms with Gasteiger partial charge in [-0.2, -0.15) is 0 Å². The fraction of sp³-hybridized carbons (Fsp3) is 0.440. The van der Waals surface area contributed by atoms with Crippen molar-refractivity contribution in [3.63, 3.8) is 0 Å². The average Bonchev–Trinajstić information content (AvgIpc) is 2.85. The van der Waals surface area contributed by atoms with Gasteiger partial charge >= 0.3 is 0 Å². The second kappa shape index (κ2) is 9.71. The molecule has 5 N–H and O–H groups in total. The summed E-state index contributed by atoms with van der Waals surface area (Å²) in [5.74, 6) is 2.20. The highest BCUT2D eigenvalue weighted by Crippen LogP contribution is 2.34. The number of carbonyl (C=O) groups is 1. The van der Waals surface area contributed by atoms with Crippen LogP contribution in [0.25, 0.3) is 6.08 Å². The number of anilines is 3. The minimum Gasteiger partial charge on any atom is -0.378 e. The number of nitrogens with zero attached hydrogens (tertiary/aromatic N) is 1. The molecule has 0 aliphatic carbocycles. The van der Waals surface area contributed by atoms with Crippen molar-refractivity contribution in [2.75, 3.05) is 36.8 Å². The summed E-state index contributed by atoms with van der Waals surface area (Å²) in [5, 5.41) is 17.1. The molecule has 1 unspecified atom stereocenters. The van der Waals surface area contributed by atoms with Gasteiger partial charge in [0.15, 0.2) is 0 Å². The molecule has 1 aromatic carbocycles. The largest absolute Gasteiger partial charge is 0.378 e. The Morgan fingerprint density at radius 2 is 1.69 bits per heavy atom. The summed E-state index contributed by atoms with van der Waals surface area (Å²) >= 11 is 0. The Morgan fingerprint density at radius 1 is 0.969 bits per heavy atom. The van der Waals surface area contributed by atoms with Crippen LogP contribution in [-0.2, 0) is 4.79 Å². The Labute approximate surface area is 189 Å². The van der Waals surface area contributed by atoms with Crippen molar-refractivity contribution in [3.05, 3.63) is 53.2 Å². The van der Waals surface area contributed by atoms with Crippen LogP contribution in [0.3, 0.4) is 0 Å². The number of aldehydes is 1. The quantitative estimate of drug-likeness (QED) is 0.448. The highest BCUT2D eigenvalue weighted by atomic mass is 16.1. The maximum Gasteiger partial charge on any atom is 0.146 e. The zero-order chi connectivity index (χ0) is 21.8. The van der Waals surface area contributed by atoms with Crippen LogP contribution in [0.2, 0.25) is 0 Å². The molecule has 1 aromatic heterocycles. The van der Waals surface area contributed by atoms with Gasteiger partial charge in [-0.15, -0.1) is 0 Å². The van der Waals surface area contributed by atoms with Crippen molar-refractivity contribution in [1.82, 2.24) is 20.9 Å². The maximum atomic E-state index is 11.8. The zero-order valence-electron chi connectivity index (χ0n) is 18.4. The molecule has 3 aliphatic heterocycles. The topological polar surface area (TPSA) is 90.1 Å². The summed E-state index contributed by atoms with van der Waals surface area (Å²) in [6, 6.07) is 10.7. The number of piperidine rings is 2. The van der Waals surface area contributed by atoms with Crippen molar-refractivity contribution in [1.29, 1.82) is 0 Å². The number of aromatic nitrogens is 1. The van der Waals surface area contributed by atoms with Crippen LogP contribution in [0.5, 0.6) is 0 Å². The second-order valence-corrected chi connectivity index (χ2v) is 8.91. The molecule has 0 saturated carbocycles. The molecular formula is C25H32N6O. The predicted octanol–water partition coefficient (Wildman–Crippen LogP) is 3.27. The van der Waals surface area contributed by atoms with Crippen LogP contribution in [0.1, 0.15) is 54.3 Å². The number of rotatable bonds is 6. The van der Waals surface area contributed by atoms with Gasteiger partial charge in [0.1, 0.15) is 24.0 Å². The van der Waals surface area contributed by atoms with Gasteiger partial charge in [-0.1, -0.05) is 12.1 Å². The lowest BCUT2D eigenvalue weighted by atomic mass is 9.90. The van der Waals surface area contributed by atoms with Crippen LogP contribution in [-0.4, -0.2) is 43.5 Å². The number of hydrogen-bond donors (Lipinski definition) is 5. The fourth-order valence-electron chi connectivity index (χ4n) is 4.95. The third kappa shape index (κ3) is 4.64. The van der Waals surface area contributed by atoms with E-state index in [1.54, 1.807) is 0 Å². The van der Waals surface area contributed by atoms with E-state index in [0.717, 1.165) is 73.8 Å². The molecule has 3 aliphatic rings. The molecule has 4 heterocycles. The zero-order valence-corrected chi connectivity index (χ0v) is 18.4. The highest BCUT2D eigenvalue weighted by Gasteiger charge is 2.23. The Kier molecular flexibility index (Phi) is 6.36. The Bertz CT molecular complexity index is 961. The molecule has 7 heteroatoms. The molecule has 0 spiro atoms. The highest BCUT2D eigenvalue weighted by molar-refractivity contribution is 5.78. The van der Waals surface area contributed by atoms with Gasteiger partial charge in [0, 0.05) is 17.3 Å². The molecular weight excluding hydrogens is 400 g/mol. The molecule has 168 valence electrons. The van der Waals surface area contributed by atoms with E-state index < -0.39 is 6.04 Å². The van der Waals surface area contributed by atoms with Crippen LogP contribution < -0.4 is 26.6 Å². The van der Waals surface area contributed by atoms with Gasteiger partial charge in [-0.05, 0) is 99.4 Å². The summed E-state index contributed by atoms with van der Waals surface area (Å²) in [5.41, 5.74) is 4.28. The first-order valence-corrected chi connectivity index (χ1v) is 11.8. The lowest BCUT2D eigenvalue weighted by Gasteiger charge is -2.27. The minimum absolute atomic E-state index is 0.409. The molecule has 5 rings (SSSR count). The normalized spacial score (nSPS) is 21.4. The minimum atomic E-state index is -0.410. The first kappa shape index (κ1) is 21.0. The van der Waals surface area contributed by atoms with Gasteiger partial charge in [0.25, 0.3) is 0 Å². The Hall–Kier alpha value is -2.90. The van der Waals surface area contributed by atoms with E-state index in [-0.39, 0.29) is 0 Å². The van der Waals surface area contributed by atoms with Gasteiger partial charge in [0.05, 0.1) is 0 Å². The monoisotopic (exact) mass is 432 g/mol. The van der Waals surface area contributed by atoms with E-state index in [1.807, 2.05) is 12.3 Å². The number of carbonyl (C=O) groups excluding carboxylic acids is 1. The smallest absolute Gasteiger partial charge is 0.146 e. The summed E-state index contributed by atoms with van der Waals surface area (Å²) in [4.78, 5) is 16.7. The van der Waals surface area contributed by atoms with Crippen LogP contribution in [0, 0.1) is 0 Å². The third-order valence-corrected chi connectivity index (χ3v) is 6.75. The van der Waals surface area contributed by atoms with E-state index in [2.05, 4.69) is 56.9 Å². The van der Waals surface area contributed by atoms with E-state index in [0.29, 0.717) is 12.0 Å². The molecule has 2 saturated heterocycles. The lowest BCUT2D eigenvalue weighted by Crippen LogP contribution is -2.35. The number of benzene rings is 1. The van der Waals surface area contributed by atoms with Crippen molar-refractivity contribution < 1.29 is 4.79 Å². The average molecular weight is 433 g/mol. The summed E-state index contributed by atoms with van der Waals surface area (Å²) in [6.45, 7) is 4.22. The molecule has 32 heavy (non-hydrogen) atoms. The maximum absolute atomic E-state index is 11.8. The van der Waals surface area contributed by atoms with Gasteiger partial charge in [-0.3, -0.25) is 0 Å². The number of hydrogen-bond acceptors (Lipinski definition) is 7.